The molecule has 4 rings (SSSR count). The summed E-state index contributed by atoms with van der Waals surface area (Å²) in [7, 11) is 0. The van der Waals surface area contributed by atoms with Gasteiger partial charge < -0.3 is 4.57 Å². The molecule has 0 bridgehead atoms. The molecule has 2 nitrogen and oxygen atoms in total. The van der Waals surface area contributed by atoms with Crippen molar-refractivity contribution in [3.63, 3.8) is 0 Å². The fourth-order valence-corrected chi connectivity index (χ4v) is 2.94. The van der Waals surface area contributed by atoms with Crippen molar-refractivity contribution in [2.24, 2.45) is 0 Å². The summed E-state index contributed by atoms with van der Waals surface area (Å²) in [5.74, 6) is 0.992. The van der Waals surface area contributed by atoms with E-state index in [9.17, 15) is 0 Å². The van der Waals surface area contributed by atoms with Crippen LogP contribution in [0.25, 0.3) is 33.2 Å². The van der Waals surface area contributed by atoms with Gasteiger partial charge in [0, 0.05) is 12.1 Å². The van der Waals surface area contributed by atoms with Gasteiger partial charge in [-0.2, -0.15) is 0 Å². The standard InChI is InChI=1S/C20H16N2/c1-2-13-22-19-10-6-5-9-18(19)21-20(22)17-12-11-15-7-3-4-8-16(15)14-17/h2-12,14H,1,13H2. The van der Waals surface area contributed by atoms with Gasteiger partial charge in [0.2, 0.25) is 0 Å². The summed E-state index contributed by atoms with van der Waals surface area (Å²) in [4.78, 5) is 4.82. The molecule has 0 radical (unpaired) electrons. The third-order valence-corrected chi connectivity index (χ3v) is 3.97. The van der Waals surface area contributed by atoms with Crippen LogP contribution in [0, 0.1) is 0 Å². The molecule has 106 valence electrons. The molecule has 4 aromatic rings. The number of hydrogen-bond acceptors (Lipinski definition) is 1. The highest BCUT2D eigenvalue weighted by atomic mass is 15.1. The predicted octanol–water partition coefficient (Wildman–Crippen LogP) is 5.04. The molecule has 0 aliphatic heterocycles. The zero-order valence-corrected chi connectivity index (χ0v) is 12.2. The normalized spacial score (nSPS) is 11.1. The average molecular weight is 284 g/mol. The molecule has 0 saturated heterocycles. The van der Waals surface area contributed by atoms with E-state index >= 15 is 0 Å². The zero-order valence-electron chi connectivity index (χ0n) is 12.2. The first-order valence-electron chi connectivity index (χ1n) is 7.42. The van der Waals surface area contributed by atoms with Crippen LogP contribution in [0.1, 0.15) is 0 Å². The minimum atomic E-state index is 0.753. The van der Waals surface area contributed by atoms with Crippen LogP contribution in [0.15, 0.2) is 79.4 Å². The lowest BCUT2D eigenvalue weighted by atomic mass is 10.1. The third-order valence-electron chi connectivity index (χ3n) is 3.97. The van der Waals surface area contributed by atoms with Gasteiger partial charge in [-0.3, -0.25) is 0 Å². The molecule has 0 fully saturated rings. The predicted molar refractivity (Wildman–Crippen MR) is 92.9 cm³/mol. The van der Waals surface area contributed by atoms with Crippen LogP contribution in [-0.2, 0) is 6.54 Å². The smallest absolute Gasteiger partial charge is 0.141 e. The fourth-order valence-electron chi connectivity index (χ4n) is 2.94. The second kappa shape index (κ2) is 5.15. The van der Waals surface area contributed by atoms with Crippen LogP contribution in [0.5, 0.6) is 0 Å². The van der Waals surface area contributed by atoms with Gasteiger partial charge in [0.1, 0.15) is 5.82 Å². The topological polar surface area (TPSA) is 17.8 Å². The monoisotopic (exact) mass is 284 g/mol. The molecular weight excluding hydrogens is 268 g/mol. The van der Waals surface area contributed by atoms with Gasteiger partial charge in [-0.05, 0) is 29.0 Å². The number of fused-ring (bicyclic) bond motifs is 2. The highest BCUT2D eigenvalue weighted by Crippen LogP contribution is 2.27. The highest BCUT2D eigenvalue weighted by molar-refractivity contribution is 5.88. The summed E-state index contributed by atoms with van der Waals surface area (Å²) in [6.07, 6.45) is 1.92. The van der Waals surface area contributed by atoms with Crippen molar-refractivity contribution >= 4 is 21.8 Å². The van der Waals surface area contributed by atoms with Gasteiger partial charge in [-0.1, -0.05) is 54.6 Å². The maximum absolute atomic E-state index is 4.82. The van der Waals surface area contributed by atoms with Crippen molar-refractivity contribution in [1.82, 2.24) is 9.55 Å². The first-order chi connectivity index (χ1) is 10.9. The first-order valence-corrected chi connectivity index (χ1v) is 7.42. The number of nitrogens with zero attached hydrogens (tertiary/aromatic N) is 2. The van der Waals surface area contributed by atoms with Crippen LogP contribution in [0.4, 0.5) is 0 Å². The number of allylic oxidation sites excluding steroid dienone is 1. The molecule has 0 N–H and O–H groups in total. The Bertz CT molecular complexity index is 979. The molecule has 0 amide bonds. The highest BCUT2D eigenvalue weighted by Gasteiger charge is 2.11. The molecule has 1 aromatic heterocycles. The molecule has 0 spiro atoms. The lowest BCUT2D eigenvalue weighted by Gasteiger charge is -2.07. The Balaban J connectivity index is 1.98. The maximum atomic E-state index is 4.82. The summed E-state index contributed by atoms with van der Waals surface area (Å²) >= 11 is 0. The summed E-state index contributed by atoms with van der Waals surface area (Å²) in [5.41, 5.74) is 3.30. The number of benzene rings is 3. The van der Waals surface area contributed by atoms with Crippen molar-refractivity contribution in [3.05, 3.63) is 79.4 Å². The van der Waals surface area contributed by atoms with Gasteiger partial charge in [0.25, 0.3) is 0 Å². The molecule has 3 aromatic carbocycles. The second-order valence-corrected chi connectivity index (χ2v) is 5.39. The van der Waals surface area contributed by atoms with Gasteiger partial charge in [-0.15, -0.1) is 6.58 Å². The Labute approximate surface area is 129 Å². The van der Waals surface area contributed by atoms with Crippen LogP contribution < -0.4 is 0 Å². The van der Waals surface area contributed by atoms with Crippen molar-refractivity contribution in [1.29, 1.82) is 0 Å². The molecule has 2 heteroatoms. The number of imidazole rings is 1. The molecular formula is C20H16N2. The average Bonchev–Trinajstić information content (AvgIpc) is 2.94. The Morgan fingerprint density at radius 2 is 1.68 bits per heavy atom. The first kappa shape index (κ1) is 12.8. The van der Waals surface area contributed by atoms with E-state index in [4.69, 9.17) is 4.98 Å². The van der Waals surface area contributed by atoms with Crippen LogP contribution >= 0.6 is 0 Å². The molecule has 0 saturated carbocycles. The van der Waals surface area contributed by atoms with Gasteiger partial charge in [0.15, 0.2) is 0 Å². The fraction of sp³-hybridized carbons (Fsp3) is 0.0500. The van der Waals surface area contributed by atoms with Crippen molar-refractivity contribution < 1.29 is 0 Å². The van der Waals surface area contributed by atoms with Crippen LogP contribution in [0.2, 0.25) is 0 Å². The lowest BCUT2D eigenvalue weighted by Crippen LogP contribution is -1.98. The minimum absolute atomic E-state index is 0.753. The third kappa shape index (κ3) is 2.01. The van der Waals surface area contributed by atoms with E-state index in [2.05, 4.69) is 65.7 Å². The number of hydrogen-bond donors (Lipinski definition) is 0. The van der Waals surface area contributed by atoms with Gasteiger partial charge in [0.05, 0.1) is 11.0 Å². The Hall–Kier alpha value is -2.87. The van der Waals surface area contributed by atoms with Gasteiger partial charge >= 0.3 is 0 Å². The van der Waals surface area contributed by atoms with E-state index in [0.29, 0.717) is 0 Å². The SMILES string of the molecule is C=CCn1c(-c2ccc3ccccc3c2)nc2ccccc21. The largest absolute Gasteiger partial charge is 0.320 e. The Kier molecular flexibility index (Phi) is 3.01. The molecule has 1 heterocycles. The number of aromatic nitrogens is 2. The second-order valence-electron chi connectivity index (χ2n) is 5.39. The van der Waals surface area contributed by atoms with Gasteiger partial charge in [-0.25, -0.2) is 4.98 Å². The van der Waals surface area contributed by atoms with E-state index < -0.39 is 0 Å². The summed E-state index contributed by atoms with van der Waals surface area (Å²) in [6, 6.07) is 23.1. The Morgan fingerprint density at radius 3 is 2.55 bits per heavy atom. The molecule has 22 heavy (non-hydrogen) atoms. The summed E-state index contributed by atoms with van der Waals surface area (Å²) in [6.45, 7) is 4.63. The minimum Gasteiger partial charge on any atom is -0.320 e. The van der Waals surface area contributed by atoms with Crippen molar-refractivity contribution in [2.45, 2.75) is 6.54 Å². The summed E-state index contributed by atoms with van der Waals surface area (Å²) < 4.78 is 2.21. The maximum Gasteiger partial charge on any atom is 0.141 e. The van der Waals surface area contributed by atoms with Crippen molar-refractivity contribution in [2.75, 3.05) is 0 Å². The zero-order chi connectivity index (χ0) is 14.9. The molecule has 0 aliphatic rings. The van der Waals surface area contributed by atoms with E-state index in [1.165, 1.54) is 10.8 Å². The van der Waals surface area contributed by atoms with E-state index in [-0.39, 0.29) is 0 Å². The van der Waals surface area contributed by atoms with E-state index in [1.807, 2.05) is 18.2 Å². The Morgan fingerprint density at radius 1 is 0.909 bits per heavy atom. The molecule has 0 aliphatic carbocycles. The van der Waals surface area contributed by atoms with E-state index in [0.717, 1.165) is 29.0 Å². The molecule has 0 unspecified atom stereocenters. The molecule has 0 atom stereocenters. The quantitative estimate of drug-likeness (QED) is 0.482. The lowest BCUT2D eigenvalue weighted by molar-refractivity contribution is 0.862. The van der Waals surface area contributed by atoms with Crippen LogP contribution in [-0.4, -0.2) is 9.55 Å². The number of rotatable bonds is 3. The summed E-state index contributed by atoms with van der Waals surface area (Å²) in [5, 5.41) is 2.48. The number of para-hydroxylation sites is 2. The van der Waals surface area contributed by atoms with Crippen LogP contribution in [0.3, 0.4) is 0 Å². The van der Waals surface area contributed by atoms with Crippen molar-refractivity contribution in [3.8, 4) is 11.4 Å². The van der Waals surface area contributed by atoms with E-state index in [1.54, 1.807) is 0 Å².